The van der Waals surface area contributed by atoms with E-state index in [9.17, 15) is 9.59 Å². The van der Waals surface area contributed by atoms with Gasteiger partial charge in [-0.05, 0) is 49.6 Å². The number of amides is 1. The first-order chi connectivity index (χ1) is 10.6. The van der Waals surface area contributed by atoms with Gasteiger partial charge in [0.2, 0.25) is 0 Å². The Morgan fingerprint density at radius 1 is 1.14 bits per heavy atom. The van der Waals surface area contributed by atoms with Crippen LogP contribution >= 0.6 is 0 Å². The summed E-state index contributed by atoms with van der Waals surface area (Å²) >= 11 is 0. The lowest BCUT2D eigenvalue weighted by Gasteiger charge is -2.13. The minimum Gasteiger partial charge on any atom is -0.481 e. The lowest BCUT2D eigenvalue weighted by Crippen LogP contribution is -2.33. The molecule has 2 atom stereocenters. The van der Waals surface area contributed by atoms with E-state index in [4.69, 9.17) is 5.11 Å². The summed E-state index contributed by atoms with van der Waals surface area (Å²) in [6.45, 7) is 0. The van der Waals surface area contributed by atoms with E-state index in [1.807, 2.05) is 47.3 Å². The Kier molecular flexibility index (Phi) is 3.96. The van der Waals surface area contributed by atoms with Gasteiger partial charge in [-0.1, -0.05) is 6.07 Å². The number of nitrogens with zero attached hydrogens (tertiary/aromatic N) is 1. The third-order valence-corrected chi connectivity index (χ3v) is 4.13. The second-order valence-electron chi connectivity index (χ2n) is 5.66. The summed E-state index contributed by atoms with van der Waals surface area (Å²) in [7, 11) is 0. The summed E-state index contributed by atoms with van der Waals surface area (Å²) in [5.74, 6) is -1.26. The predicted octanol–water partition coefficient (Wildman–Crippen LogP) is 2.46. The molecule has 0 spiro atoms. The average Bonchev–Trinajstić information content (AvgIpc) is 3.19. The number of hydrogen-bond acceptors (Lipinski definition) is 2. The highest BCUT2D eigenvalue weighted by molar-refractivity contribution is 5.95. The number of carbonyl (C=O) groups is 2. The van der Waals surface area contributed by atoms with Gasteiger partial charge in [-0.15, -0.1) is 0 Å². The lowest BCUT2D eigenvalue weighted by atomic mass is 10.1. The number of benzene rings is 1. The number of aromatic nitrogens is 1. The van der Waals surface area contributed by atoms with Crippen molar-refractivity contribution in [1.29, 1.82) is 0 Å². The van der Waals surface area contributed by atoms with Crippen LogP contribution in [0.1, 0.15) is 29.6 Å². The number of carbonyl (C=O) groups excluding carboxylic acids is 1. The number of hydrogen-bond donors (Lipinski definition) is 2. The van der Waals surface area contributed by atoms with Crippen LogP contribution in [0.2, 0.25) is 0 Å². The second-order valence-corrected chi connectivity index (χ2v) is 5.66. The van der Waals surface area contributed by atoms with Crippen molar-refractivity contribution in [1.82, 2.24) is 9.88 Å². The Labute approximate surface area is 128 Å². The molecule has 5 heteroatoms. The van der Waals surface area contributed by atoms with Crippen LogP contribution in [-0.2, 0) is 4.79 Å². The van der Waals surface area contributed by atoms with Gasteiger partial charge < -0.3 is 15.0 Å². The predicted molar refractivity (Wildman–Crippen MR) is 82.0 cm³/mol. The molecule has 1 amide bonds. The molecule has 0 aliphatic heterocycles. The van der Waals surface area contributed by atoms with E-state index < -0.39 is 5.97 Å². The van der Waals surface area contributed by atoms with Gasteiger partial charge in [0.05, 0.1) is 5.92 Å². The van der Waals surface area contributed by atoms with Crippen molar-refractivity contribution >= 4 is 11.9 Å². The Hall–Kier alpha value is -2.56. The molecule has 0 unspecified atom stereocenters. The molecule has 1 aliphatic rings. The van der Waals surface area contributed by atoms with E-state index in [-0.39, 0.29) is 17.9 Å². The quantitative estimate of drug-likeness (QED) is 0.911. The fourth-order valence-electron chi connectivity index (χ4n) is 2.92. The highest BCUT2D eigenvalue weighted by atomic mass is 16.4. The normalized spacial score (nSPS) is 20.7. The third-order valence-electron chi connectivity index (χ3n) is 4.13. The Morgan fingerprint density at radius 3 is 2.59 bits per heavy atom. The average molecular weight is 298 g/mol. The number of rotatable bonds is 4. The van der Waals surface area contributed by atoms with E-state index in [1.54, 1.807) is 6.07 Å². The molecule has 2 aromatic rings. The van der Waals surface area contributed by atoms with E-state index in [0.29, 0.717) is 18.4 Å². The molecule has 114 valence electrons. The van der Waals surface area contributed by atoms with Crippen molar-refractivity contribution < 1.29 is 14.7 Å². The lowest BCUT2D eigenvalue weighted by molar-refractivity contribution is -0.141. The Bertz CT molecular complexity index is 679. The van der Waals surface area contributed by atoms with E-state index in [0.717, 1.165) is 12.1 Å². The first-order valence-electron chi connectivity index (χ1n) is 7.40. The third kappa shape index (κ3) is 3.03. The molecule has 1 heterocycles. The summed E-state index contributed by atoms with van der Waals surface area (Å²) in [5, 5.41) is 11.9. The summed E-state index contributed by atoms with van der Waals surface area (Å²) in [6.07, 6.45) is 5.71. The summed E-state index contributed by atoms with van der Waals surface area (Å²) < 4.78 is 1.94. The fourth-order valence-corrected chi connectivity index (χ4v) is 2.92. The van der Waals surface area contributed by atoms with Crippen molar-refractivity contribution in [2.45, 2.75) is 25.3 Å². The van der Waals surface area contributed by atoms with Crippen molar-refractivity contribution in [3.63, 3.8) is 0 Å². The van der Waals surface area contributed by atoms with E-state index in [1.165, 1.54) is 0 Å². The molecule has 1 aromatic carbocycles. The second kappa shape index (κ2) is 6.05. The number of carboxylic acid groups (broad SMARTS) is 1. The van der Waals surface area contributed by atoms with Gasteiger partial charge in [0, 0.05) is 29.7 Å². The van der Waals surface area contributed by atoms with Crippen molar-refractivity contribution in [2.75, 3.05) is 0 Å². The van der Waals surface area contributed by atoms with Gasteiger partial charge >= 0.3 is 5.97 Å². The van der Waals surface area contributed by atoms with Gasteiger partial charge in [0.1, 0.15) is 0 Å². The summed E-state index contributed by atoms with van der Waals surface area (Å²) in [4.78, 5) is 23.3. The molecule has 1 aliphatic carbocycles. The molecule has 1 saturated carbocycles. The molecule has 1 aromatic heterocycles. The van der Waals surface area contributed by atoms with Gasteiger partial charge in [0.15, 0.2) is 0 Å². The van der Waals surface area contributed by atoms with Crippen molar-refractivity contribution in [2.24, 2.45) is 5.92 Å². The molecular weight excluding hydrogens is 280 g/mol. The van der Waals surface area contributed by atoms with Gasteiger partial charge in [-0.25, -0.2) is 0 Å². The molecule has 0 bridgehead atoms. The maximum atomic E-state index is 12.3. The first-order valence-corrected chi connectivity index (χ1v) is 7.40. The zero-order chi connectivity index (χ0) is 15.5. The first kappa shape index (κ1) is 14.4. The summed E-state index contributed by atoms with van der Waals surface area (Å²) in [5.41, 5.74) is 1.51. The number of carboxylic acids is 1. The zero-order valence-corrected chi connectivity index (χ0v) is 12.1. The topological polar surface area (TPSA) is 71.3 Å². The summed E-state index contributed by atoms with van der Waals surface area (Å²) in [6, 6.07) is 11.2. The largest absolute Gasteiger partial charge is 0.481 e. The minimum atomic E-state index is -0.772. The molecular formula is C17H18N2O3. The Morgan fingerprint density at radius 2 is 1.91 bits per heavy atom. The SMILES string of the molecule is O=C(N[C@H]1CC[C@@H](C(=O)O)C1)c1cccc(-n2cccc2)c1. The molecule has 0 radical (unpaired) electrons. The van der Waals surface area contributed by atoms with Crippen LogP contribution in [0.4, 0.5) is 0 Å². The molecule has 5 nitrogen and oxygen atoms in total. The van der Waals surface area contributed by atoms with Gasteiger partial charge in [-0.3, -0.25) is 9.59 Å². The van der Waals surface area contributed by atoms with Crippen LogP contribution in [0.5, 0.6) is 0 Å². The molecule has 1 fully saturated rings. The number of nitrogens with one attached hydrogen (secondary N) is 1. The smallest absolute Gasteiger partial charge is 0.306 e. The minimum absolute atomic E-state index is 0.0520. The molecule has 2 N–H and O–H groups in total. The Balaban J connectivity index is 1.68. The van der Waals surface area contributed by atoms with E-state index >= 15 is 0 Å². The fraction of sp³-hybridized carbons (Fsp3) is 0.294. The molecule has 0 saturated heterocycles. The van der Waals surface area contributed by atoms with Gasteiger partial charge in [0.25, 0.3) is 5.91 Å². The zero-order valence-electron chi connectivity index (χ0n) is 12.1. The monoisotopic (exact) mass is 298 g/mol. The van der Waals surface area contributed by atoms with Crippen LogP contribution in [0.25, 0.3) is 5.69 Å². The maximum Gasteiger partial charge on any atom is 0.306 e. The van der Waals surface area contributed by atoms with Crippen LogP contribution in [0.15, 0.2) is 48.8 Å². The van der Waals surface area contributed by atoms with Crippen molar-refractivity contribution in [3.8, 4) is 5.69 Å². The van der Waals surface area contributed by atoms with Crippen molar-refractivity contribution in [3.05, 3.63) is 54.4 Å². The number of aliphatic carboxylic acids is 1. The highest BCUT2D eigenvalue weighted by Crippen LogP contribution is 2.26. The van der Waals surface area contributed by atoms with Gasteiger partial charge in [-0.2, -0.15) is 0 Å². The molecule has 3 rings (SSSR count). The highest BCUT2D eigenvalue weighted by Gasteiger charge is 2.30. The van der Waals surface area contributed by atoms with E-state index in [2.05, 4.69) is 5.32 Å². The van der Waals surface area contributed by atoms with Crippen LogP contribution in [0, 0.1) is 5.92 Å². The van der Waals surface area contributed by atoms with Crippen LogP contribution in [-0.4, -0.2) is 27.6 Å². The maximum absolute atomic E-state index is 12.3. The standard InChI is InChI=1S/C17H18N2O3/c20-16(18-14-7-6-13(10-14)17(21)22)12-4-3-5-15(11-12)19-8-1-2-9-19/h1-5,8-9,11,13-14H,6-7,10H2,(H,18,20)(H,21,22)/t13-,14+/m1/s1. The molecule has 22 heavy (non-hydrogen) atoms. The van der Waals surface area contributed by atoms with Crippen LogP contribution < -0.4 is 5.32 Å². The van der Waals surface area contributed by atoms with Crippen LogP contribution in [0.3, 0.4) is 0 Å².